The number of nitrogens with zero attached hydrogens (tertiary/aromatic N) is 4. The van der Waals surface area contributed by atoms with Gasteiger partial charge < -0.3 is 48.9 Å². The molecule has 15 atom stereocenters. The first-order valence-corrected chi connectivity index (χ1v) is 28.4. The molecule has 1 aliphatic carbocycles. The van der Waals surface area contributed by atoms with Crippen molar-refractivity contribution in [2.75, 3.05) is 46.3 Å². The molecule has 0 unspecified atom stereocenters. The molecule has 4 aliphatic rings. The molecule has 1 saturated carbocycles. The summed E-state index contributed by atoms with van der Waals surface area (Å²) in [6, 6.07) is 1.69. The number of anilines is 1. The van der Waals surface area contributed by atoms with Gasteiger partial charge in [-0.2, -0.15) is 0 Å². The average Bonchev–Trinajstić information content (AvgIpc) is 3.94. The van der Waals surface area contributed by atoms with Crippen LogP contribution in [0.15, 0.2) is 64.4 Å². The van der Waals surface area contributed by atoms with Crippen LogP contribution in [0.2, 0.25) is 0 Å². The number of fused-ring (bicyclic) bond motifs is 4. The summed E-state index contributed by atoms with van der Waals surface area (Å²) in [7, 11) is 4.56. The number of ketones is 3. The third kappa shape index (κ3) is 15.9. The Morgan fingerprint density at radius 2 is 1.64 bits per heavy atom. The molecular weight excluding hydrogens is 1030 g/mol. The molecule has 442 valence electrons. The summed E-state index contributed by atoms with van der Waals surface area (Å²) in [5.41, 5.74) is 1.78. The van der Waals surface area contributed by atoms with Crippen LogP contribution in [0, 0.1) is 45.6 Å². The number of piperidine rings is 1. The molecule has 21 heteroatoms. The largest absolute Gasteiger partial charge is 0.460 e. The first kappa shape index (κ1) is 63.6. The van der Waals surface area contributed by atoms with E-state index in [9.17, 15) is 44.3 Å². The van der Waals surface area contributed by atoms with Gasteiger partial charge in [0.1, 0.15) is 30.1 Å². The number of allylic oxidation sites excluding steroid dienone is 6. The molecule has 3 fully saturated rings. The highest BCUT2D eigenvalue weighted by Gasteiger charge is 2.53. The van der Waals surface area contributed by atoms with Crippen molar-refractivity contribution in [1.82, 2.24) is 15.2 Å². The molecule has 3 N–H and O–H groups in total. The first-order valence-electron chi connectivity index (χ1n) is 28.4. The third-order valence-electron chi connectivity index (χ3n) is 16.8. The molecule has 2 saturated heterocycles. The highest BCUT2D eigenvalue weighted by Crippen LogP contribution is 2.38. The van der Waals surface area contributed by atoms with Crippen LogP contribution >= 0.6 is 0 Å². The molecule has 0 radical (unpaired) electrons. The van der Waals surface area contributed by atoms with Crippen molar-refractivity contribution in [2.45, 2.75) is 180 Å². The number of methoxy groups -OCH3 is 3. The Labute approximate surface area is 469 Å². The Kier molecular flexibility index (Phi) is 23.4. The highest BCUT2D eigenvalue weighted by atomic mass is 16.6. The number of esters is 1. The zero-order valence-electron chi connectivity index (χ0n) is 48.2. The predicted molar refractivity (Wildman–Crippen MR) is 296 cm³/mol. The number of nitro groups is 1. The molecule has 2 aromatic rings. The van der Waals surface area contributed by atoms with E-state index in [0.717, 1.165) is 12.0 Å². The van der Waals surface area contributed by atoms with E-state index in [4.69, 9.17) is 33.1 Å². The van der Waals surface area contributed by atoms with Gasteiger partial charge in [-0.15, -0.1) is 0 Å². The van der Waals surface area contributed by atoms with Crippen LogP contribution in [-0.2, 0) is 52.4 Å². The Balaban J connectivity index is 1.22. The van der Waals surface area contributed by atoms with Gasteiger partial charge in [0, 0.05) is 71.1 Å². The lowest BCUT2D eigenvalue weighted by Gasteiger charge is -2.42. The molecule has 0 spiro atoms. The van der Waals surface area contributed by atoms with Crippen LogP contribution in [0.5, 0.6) is 0 Å². The number of nitro benzene ring substituents is 1. The lowest BCUT2D eigenvalue weighted by atomic mass is 9.78. The molecule has 1 amide bonds. The number of aliphatic hydroxyl groups excluding tert-OH is 1. The van der Waals surface area contributed by atoms with Gasteiger partial charge in [0.25, 0.3) is 11.7 Å². The van der Waals surface area contributed by atoms with Gasteiger partial charge in [-0.05, 0) is 123 Å². The van der Waals surface area contributed by atoms with E-state index < -0.39 is 88.6 Å². The van der Waals surface area contributed by atoms with Crippen LogP contribution in [0.25, 0.3) is 11.0 Å². The van der Waals surface area contributed by atoms with Crippen molar-refractivity contribution < 1.29 is 72.2 Å². The lowest BCUT2D eigenvalue weighted by Crippen LogP contribution is -2.61. The molecule has 80 heavy (non-hydrogen) atoms. The van der Waals surface area contributed by atoms with Crippen LogP contribution in [0.3, 0.4) is 0 Å². The minimum atomic E-state index is -2.46. The quantitative estimate of drug-likeness (QED) is 0.0457. The standard InChI is InChI=1S/C59H85N5O16/c1-34-16-12-11-13-17-35(2)48(74-8)32-42-21-19-40(7)59(71,79-42)56(68)57(69)63-26-15-14-18-45(63)58(70)78-49(33-46(65)36(3)29-39(6)54(67)55(76-10)53(66)38(5)28-34)37(4)30-41-20-24-47(50(31-41)75-9)77-27-25-60-43-22-23-44(64(72)73)52-51(43)61-80-62-52/h11-13,16-17,22-23,29,34,36-38,40-42,45,47-50,54-55,60,67,71H,14-15,18-21,24-28,30-33H2,1-10H3/b13-11-,16-12-,35-17-,39-29-/t34-,36-,37-,38-,40-,41-,42+,45+,47-,48+,49+,50-,54-,55+,59-/m1/s1. The summed E-state index contributed by atoms with van der Waals surface area (Å²) in [6.45, 7) is 13.3. The molecule has 21 nitrogen and oxygen atoms in total. The van der Waals surface area contributed by atoms with Crippen molar-refractivity contribution in [3.05, 3.63) is 69.8 Å². The van der Waals surface area contributed by atoms with Gasteiger partial charge >= 0.3 is 11.7 Å². The SMILES string of the molecule is CO[C@H]1C[C@@H]2CC[C@@H](C)[C@@](O)(O2)C(=O)C(=O)N2CCCC[C@H]2C(=O)O[C@H]([C@H](C)C[C@H]2CC[C@@H](OCCNc3ccc([N+](=O)[O-])c4nonc34)[C@H](OC)C2)CC(=O)[C@H](C)/C=C(/C)[C@@H](O)[C@@H](OC)C(=O)[C@H](C)C[C@H](C)\C=C/C=C\C=C/1C. The number of hydrogen-bond donors (Lipinski definition) is 3. The number of benzene rings is 1. The van der Waals surface area contributed by atoms with Crippen LogP contribution in [0.1, 0.15) is 126 Å². The Morgan fingerprint density at radius 1 is 0.887 bits per heavy atom. The molecular formula is C59H85N5O16. The smallest absolute Gasteiger partial charge is 0.329 e. The van der Waals surface area contributed by atoms with E-state index in [-0.39, 0.29) is 78.3 Å². The number of carbonyl (C=O) groups is 5. The highest BCUT2D eigenvalue weighted by molar-refractivity contribution is 6.39. The molecule has 6 rings (SSSR count). The second-order valence-corrected chi connectivity index (χ2v) is 22.7. The van der Waals surface area contributed by atoms with Crippen LogP contribution in [-0.4, -0.2) is 155 Å². The number of hydrogen-bond acceptors (Lipinski definition) is 19. The topological polar surface area (TPSA) is 279 Å². The van der Waals surface area contributed by atoms with Crippen molar-refractivity contribution >= 4 is 51.6 Å². The van der Waals surface area contributed by atoms with Gasteiger partial charge in [0.15, 0.2) is 11.3 Å². The van der Waals surface area contributed by atoms with E-state index >= 15 is 0 Å². The number of ether oxygens (including phenoxy) is 6. The van der Waals surface area contributed by atoms with Crippen LogP contribution in [0.4, 0.5) is 11.4 Å². The predicted octanol–water partition coefficient (Wildman–Crippen LogP) is 7.76. The maximum Gasteiger partial charge on any atom is 0.329 e. The van der Waals surface area contributed by atoms with E-state index in [2.05, 4.69) is 15.6 Å². The number of cyclic esters (lactones) is 1. The number of amides is 1. The Hall–Kier alpha value is -5.55. The summed E-state index contributed by atoms with van der Waals surface area (Å²) < 4.78 is 41.1. The van der Waals surface area contributed by atoms with Gasteiger partial charge in [-0.3, -0.25) is 29.3 Å². The average molecular weight is 1120 g/mol. The molecule has 1 aromatic heterocycles. The van der Waals surface area contributed by atoms with Crippen LogP contribution < -0.4 is 5.32 Å². The van der Waals surface area contributed by atoms with Gasteiger partial charge in [-0.25, -0.2) is 9.42 Å². The van der Waals surface area contributed by atoms with Crippen molar-refractivity contribution in [1.29, 1.82) is 0 Å². The zero-order valence-corrected chi connectivity index (χ0v) is 48.2. The molecule has 3 aliphatic heterocycles. The fourth-order valence-corrected chi connectivity index (χ4v) is 11.8. The number of carbonyl (C=O) groups excluding carboxylic acids is 5. The zero-order chi connectivity index (χ0) is 58.4. The number of non-ortho nitro benzene ring substituents is 1. The number of nitrogens with one attached hydrogen (secondary N) is 1. The van der Waals surface area contributed by atoms with Crippen molar-refractivity contribution in [3.63, 3.8) is 0 Å². The fourth-order valence-electron chi connectivity index (χ4n) is 11.8. The summed E-state index contributed by atoms with van der Waals surface area (Å²) in [4.78, 5) is 83.7. The molecule has 4 heterocycles. The number of aromatic nitrogens is 2. The minimum absolute atomic E-state index is 0.00514. The number of aliphatic hydroxyl groups is 2. The molecule has 1 aromatic carbocycles. The maximum atomic E-state index is 14.6. The van der Waals surface area contributed by atoms with Crippen molar-refractivity contribution in [2.24, 2.45) is 35.5 Å². The molecule has 2 bridgehead atoms. The monoisotopic (exact) mass is 1120 g/mol. The first-order chi connectivity index (χ1) is 38.1. The van der Waals surface area contributed by atoms with E-state index in [0.29, 0.717) is 75.6 Å². The van der Waals surface area contributed by atoms with Crippen molar-refractivity contribution in [3.8, 4) is 0 Å². The second-order valence-electron chi connectivity index (χ2n) is 22.7. The van der Waals surface area contributed by atoms with E-state index in [1.54, 1.807) is 54.1 Å². The number of Topliss-reactive ketones (excluding diaryl/α,β-unsaturated/α-hetero) is 3. The van der Waals surface area contributed by atoms with Gasteiger partial charge in [0.05, 0.1) is 41.6 Å². The summed E-state index contributed by atoms with van der Waals surface area (Å²) in [5.74, 6) is -8.35. The Morgan fingerprint density at radius 3 is 2.35 bits per heavy atom. The normalized spacial score (nSPS) is 35.0. The summed E-state index contributed by atoms with van der Waals surface area (Å²) in [5, 5.41) is 45.8. The summed E-state index contributed by atoms with van der Waals surface area (Å²) >= 11 is 0. The minimum Gasteiger partial charge on any atom is -0.460 e. The maximum absolute atomic E-state index is 14.6. The lowest BCUT2D eigenvalue weighted by molar-refractivity contribution is -0.383. The second kappa shape index (κ2) is 29.4. The fraction of sp³-hybridized carbons (Fsp3) is 0.678. The van der Waals surface area contributed by atoms with Gasteiger partial charge in [0.2, 0.25) is 11.3 Å². The third-order valence-corrected chi connectivity index (χ3v) is 16.8. The van der Waals surface area contributed by atoms with E-state index in [1.165, 1.54) is 18.1 Å². The van der Waals surface area contributed by atoms with Gasteiger partial charge in [-0.1, -0.05) is 71.1 Å². The summed E-state index contributed by atoms with van der Waals surface area (Å²) in [6.07, 6.45) is 11.2. The Bertz CT molecular complexity index is 2600. The van der Waals surface area contributed by atoms with E-state index in [1.807, 2.05) is 51.2 Å². The number of rotatable bonds is 12.